The quantitative estimate of drug-likeness (QED) is 0.877. The van der Waals surface area contributed by atoms with Gasteiger partial charge in [-0.05, 0) is 43.5 Å². The molecule has 0 aromatic heterocycles. The molecule has 0 radical (unpaired) electrons. The fourth-order valence-electron chi connectivity index (χ4n) is 4.39. The Morgan fingerprint density at radius 3 is 3.00 bits per heavy atom. The molecule has 2 fully saturated rings. The largest absolute Gasteiger partial charge is 0.381 e. The average molecular weight is 338 g/mol. The number of halogens is 1. The number of piperidine rings is 1. The van der Waals surface area contributed by atoms with Gasteiger partial charge in [-0.25, -0.2) is 0 Å². The van der Waals surface area contributed by atoms with Crippen LogP contribution in [0.25, 0.3) is 0 Å². The Bertz CT molecular complexity index is 458. The molecule has 0 bridgehead atoms. The predicted molar refractivity (Wildman–Crippen MR) is 86.1 cm³/mol. The minimum Gasteiger partial charge on any atom is -0.381 e. The van der Waals surface area contributed by atoms with E-state index in [0.29, 0.717) is 17.4 Å². The Hall–Kier alpha value is -0.380. The molecule has 3 rings (SSSR count). The molecular formula is C17H24BrNO. The van der Waals surface area contributed by atoms with Crippen LogP contribution in [-0.4, -0.2) is 26.3 Å². The third-order valence-corrected chi connectivity index (χ3v) is 5.84. The van der Waals surface area contributed by atoms with Gasteiger partial charge in [-0.15, -0.1) is 0 Å². The van der Waals surface area contributed by atoms with Gasteiger partial charge in [0.05, 0.1) is 6.10 Å². The number of methoxy groups -OCH3 is 1. The van der Waals surface area contributed by atoms with Gasteiger partial charge in [0.2, 0.25) is 0 Å². The monoisotopic (exact) mass is 337 g/mol. The summed E-state index contributed by atoms with van der Waals surface area (Å²) in [5.74, 6) is 0.569. The molecule has 1 aliphatic heterocycles. The second-order valence-electron chi connectivity index (χ2n) is 6.27. The Morgan fingerprint density at radius 2 is 2.20 bits per heavy atom. The maximum atomic E-state index is 5.93. The summed E-state index contributed by atoms with van der Waals surface area (Å²) < 4.78 is 7.11. The molecule has 1 saturated carbocycles. The molecule has 1 N–H and O–H groups in total. The van der Waals surface area contributed by atoms with Gasteiger partial charge in [0.1, 0.15) is 0 Å². The molecule has 1 heterocycles. The molecule has 1 saturated heterocycles. The van der Waals surface area contributed by atoms with E-state index in [-0.39, 0.29) is 0 Å². The molecule has 3 unspecified atom stereocenters. The first kappa shape index (κ1) is 14.6. The van der Waals surface area contributed by atoms with Crippen LogP contribution in [0.3, 0.4) is 0 Å². The van der Waals surface area contributed by atoms with E-state index in [1.165, 1.54) is 42.1 Å². The van der Waals surface area contributed by atoms with Gasteiger partial charge < -0.3 is 10.1 Å². The van der Waals surface area contributed by atoms with Crippen LogP contribution >= 0.6 is 15.9 Å². The normalized spacial score (nSPS) is 34.3. The van der Waals surface area contributed by atoms with Crippen molar-refractivity contribution in [2.24, 2.45) is 5.41 Å². The van der Waals surface area contributed by atoms with E-state index < -0.39 is 0 Å². The lowest BCUT2D eigenvalue weighted by atomic mass is 9.59. The van der Waals surface area contributed by atoms with Crippen molar-refractivity contribution in [1.29, 1.82) is 0 Å². The third kappa shape index (κ3) is 2.56. The lowest BCUT2D eigenvalue weighted by molar-refractivity contribution is -0.0717. The summed E-state index contributed by atoms with van der Waals surface area (Å²) in [5, 5.41) is 3.60. The van der Waals surface area contributed by atoms with Crippen molar-refractivity contribution in [1.82, 2.24) is 5.32 Å². The maximum Gasteiger partial charge on any atom is 0.0634 e. The SMILES string of the molecule is COC1CCCCC12CCNCC2c1cccc(Br)c1. The van der Waals surface area contributed by atoms with E-state index in [0.717, 1.165) is 13.1 Å². The van der Waals surface area contributed by atoms with E-state index in [1.54, 1.807) is 0 Å². The van der Waals surface area contributed by atoms with E-state index >= 15 is 0 Å². The zero-order valence-corrected chi connectivity index (χ0v) is 13.8. The minimum absolute atomic E-state index is 0.332. The first-order chi connectivity index (χ1) is 9.76. The topological polar surface area (TPSA) is 21.3 Å². The molecule has 1 aliphatic carbocycles. The van der Waals surface area contributed by atoms with Crippen LogP contribution in [0.1, 0.15) is 43.6 Å². The highest BCUT2D eigenvalue weighted by molar-refractivity contribution is 9.10. The summed E-state index contributed by atoms with van der Waals surface area (Å²) >= 11 is 3.62. The van der Waals surface area contributed by atoms with Gasteiger partial charge in [-0.3, -0.25) is 0 Å². The zero-order valence-electron chi connectivity index (χ0n) is 12.2. The van der Waals surface area contributed by atoms with Gasteiger partial charge in [0.25, 0.3) is 0 Å². The summed E-state index contributed by atoms with van der Waals surface area (Å²) in [5.41, 5.74) is 1.79. The van der Waals surface area contributed by atoms with Crippen LogP contribution in [0, 0.1) is 5.41 Å². The highest BCUT2D eigenvalue weighted by Gasteiger charge is 2.48. The summed E-state index contributed by atoms with van der Waals surface area (Å²) in [4.78, 5) is 0. The predicted octanol–water partition coefficient (Wildman–Crippen LogP) is 4.10. The van der Waals surface area contributed by atoms with E-state index in [4.69, 9.17) is 4.74 Å². The fraction of sp³-hybridized carbons (Fsp3) is 0.647. The molecule has 1 aromatic rings. The maximum absolute atomic E-state index is 5.93. The van der Waals surface area contributed by atoms with Crippen molar-refractivity contribution in [3.63, 3.8) is 0 Å². The van der Waals surface area contributed by atoms with E-state index in [9.17, 15) is 0 Å². The molecule has 3 heteroatoms. The van der Waals surface area contributed by atoms with E-state index in [2.05, 4.69) is 45.5 Å². The van der Waals surface area contributed by atoms with Crippen molar-refractivity contribution in [3.8, 4) is 0 Å². The first-order valence-corrected chi connectivity index (χ1v) is 8.54. The van der Waals surface area contributed by atoms with Crippen LogP contribution in [0.2, 0.25) is 0 Å². The highest BCUT2D eigenvalue weighted by atomic mass is 79.9. The summed E-state index contributed by atoms with van der Waals surface area (Å²) in [6.45, 7) is 2.21. The molecule has 2 nitrogen and oxygen atoms in total. The van der Waals surface area contributed by atoms with Crippen molar-refractivity contribution in [3.05, 3.63) is 34.3 Å². The van der Waals surface area contributed by atoms with Gasteiger partial charge in [0.15, 0.2) is 0 Å². The number of rotatable bonds is 2. The summed E-state index contributed by atoms with van der Waals surface area (Å²) in [6.07, 6.45) is 6.86. The second kappa shape index (κ2) is 6.17. The first-order valence-electron chi connectivity index (χ1n) is 7.75. The smallest absolute Gasteiger partial charge is 0.0634 e. The molecule has 2 aliphatic rings. The highest BCUT2D eigenvalue weighted by Crippen LogP contribution is 2.52. The number of benzene rings is 1. The van der Waals surface area contributed by atoms with Crippen LogP contribution < -0.4 is 5.32 Å². The number of ether oxygens (including phenoxy) is 1. The Morgan fingerprint density at radius 1 is 1.30 bits per heavy atom. The molecule has 20 heavy (non-hydrogen) atoms. The molecule has 3 atom stereocenters. The lowest BCUT2D eigenvalue weighted by Gasteiger charge is -2.51. The van der Waals surface area contributed by atoms with E-state index in [1.807, 2.05) is 7.11 Å². The van der Waals surface area contributed by atoms with Gasteiger partial charge in [0, 0.05) is 29.5 Å². The van der Waals surface area contributed by atoms with Crippen LogP contribution in [0.15, 0.2) is 28.7 Å². The molecule has 110 valence electrons. The van der Waals surface area contributed by atoms with Crippen LogP contribution in [0.5, 0.6) is 0 Å². The van der Waals surface area contributed by atoms with Crippen molar-refractivity contribution in [2.45, 2.75) is 44.1 Å². The molecule has 1 spiro atoms. The number of hydrogen-bond donors (Lipinski definition) is 1. The van der Waals surface area contributed by atoms with Gasteiger partial charge in [-0.1, -0.05) is 40.9 Å². The minimum atomic E-state index is 0.332. The average Bonchev–Trinajstić information content (AvgIpc) is 2.48. The van der Waals surface area contributed by atoms with Gasteiger partial charge >= 0.3 is 0 Å². The van der Waals surface area contributed by atoms with Crippen LogP contribution in [0.4, 0.5) is 0 Å². The van der Waals surface area contributed by atoms with Crippen molar-refractivity contribution < 1.29 is 4.74 Å². The van der Waals surface area contributed by atoms with Crippen LogP contribution in [-0.2, 0) is 4.74 Å². The Kier molecular flexibility index (Phi) is 4.49. The van der Waals surface area contributed by atoms with Crippen molar-refractivity contribution in [2.75, 3.05) is 20.2 Å². The standard InChI is InChI=1S/C17H24BrNO/c1-20-16-7-2-3-8-17(16)9-10-19-12-15(17)13-5-4-6-14(18)11-13/h4-6,11,15-16,19H,2-3,7-10,12H2,1H3. The Labute approximate surface area is 130 Å². The zero-order chi connectivity index (χ0) is 14.0. The molecular weight excluding hydrogens is 314 g/mol. The fourth-order valence-corrected chi connectivity index (χ4v) is 4.80. The third-order valence-electron chi connectivity index (χ3n) is 5.35. The number of hydrogen-bond acceptors (Lipinski definition) is 2. The second-order valence-corrected chi connectivity index (χ2v) is 7.18. The summed E-state index contributed by atoms with van der Waals surface area (Å²) in [6, 6.07) is 8.85. The molecule has 0 amide bonds. The van der Waals surface area contributed by atoms with Crippen molar-refractivity contribution >= 4 is 15.9 Å². The summed E-state index contributed by atoms with van der Waals surface area (Å²) in [7, 11) is 1.90. The molecule has 1 aromatic carbocycles. The number of nitrogens with one attached hydrogen (secondary N) is 1. The lowest BCUT2D eigenvalue weighted by Crippen LogP contribution is -2.52. The Balaban J connectivity index is 1.97. The van der Waals surface area contributed by atoms with Gasteiger partial charge in [-0.2, -0.15) is 0 Å².